The molecule has 0 radical (unpaired) electrons. The highest BCUT2D eigenvalue weighted by molar-refractivity contribution is 7.11. The van der Waals surface area contributed by atoms with Gasteiger partial charge in [0.2, 0.25) is 5.01 Å². The number of rotatable bonds is 8. The average Bonchev–Trinajstić information content (AvgIpc) is 3.32. The normalized spacial score (nSPS) is 10.7. The van der Waals surface area contributed by atoms with E-state index in [1.54, 1.807) is 25.5 Å². The SMILES string of the molecule is CCOC(=O)c1nc(-c2cc(C(N)=O)c(C)n2CCc2ccc(OC)cc2)cs1. The molecule has 2 aromatic heterocycles. The summed E-state index contributed by atoms with van der Waals surface area (Å²) in [6.07, 6.45) is 0.750. The molecule has 2 heterocycles. The lowest BCUT2D eigenvalue weighted by Gasteiger charge is -2.11. The van der Waals surface area contributed by atoms with Crippen molar-refractivity contribution in [2.75, 3.05) is 13.7 Å². The Kier molecular flexibility index (Phi) is 6.33. The summed E-state index contributed by atoms with van der Waals surface area (Å²) in [6, 6.07) is 9.58. The molecule has 0 spiro atoms. The van der Waals surface area contributed by atoms with Gasteiger partial charge in [0.1, 0.15) is 5.75 Å². The topological polar surface area (TPSA) is 96.4 Å². The van der Waals surface area contributed by atoms with Crippen molar-refractivity contribution in [1.82, 2.24) is 9.55 Å². The third-order valence-electron chi connectivity index (χ3n) is 4.63. The molecule has 29 heavy (non-hydrogen) atoms. The average molecular weight is 413 g/mol. The summed E-state index contributed by atoms with van der Waals surface area (Å²) < 4.78 is 12.2. The molecular weight excluding hydrogens is 390 g/mol. The van der Waals surface area contributed by atoms with Crippen LogP contribution in [0.3, 0.4) is 0 Å². The van der Waals surface area contributed by atoms with Crippen LogP contribution in [0.5, 0.6) is 5.75 Å². The van der Waals surface area contributed by atoms with Crippen molar-refractivity contribution in [3.8, 4) is 17.1 Å². The molecule has 3 rings (SSSR count). The zero-order valence-corrected chi connectivity index (χ0v) is 17.4. The number of thiazole rings is 1. The number of primary amides is 1. The van der Waals surface area contributed by atoms with Gasteiger partial charge in [-0.25, -0.2) is 9.78 Å². The third kappa shape index (κ3) is 4.48. The minimum absolute atomic E-state index is 0.281. The second-order valence-corrected chi connectivity index (χ2v) is 7.26. The van der Waals surface area contributed by atoms with Crippen molar-refractivity contribution in [2.24, 2.45) is 5.73 Å². The van der Waals surface area contributed by atoms with E-state index in [0.29, 0.717) is 17.8 Å². The predicted octanol–water partition coefficient (Wildman–Crippen LogP) is 3.45. The Bertz CT molecular complexity index is 1020. The first-order chi connectivity index (χ1) is 13.9. The first-order valence-corrected chi connectivity index (χ1v) is 10.1. The third-order valence-corrected chi connectivity index (χ3v) is 5.45. The number of benzene rings is 1. The van der Waals surface area contributed by atoms with Crippen LogP contribution in [0.25, 0.3) is 11.4 Å². The van der Waals surface area contributed by atoms with E-state index >= 15 is 0 Å². The Morgan fingerprint density at radius 1 is 1.24 bits per heavy atom. The van der Waals surface area contributed by atoms with Crippen LogP contribution in [0, 0.1) is 6.92 Å². The van der Waals surface area contributed by atoms with Gasteiger partial charge in [-0.15, -0.1) is 11.3 Å². The van der Waals surface area contributed by atoms with Gasteiger partial charge in [-0.05, 0) is 44.0 Å². The fourth-order valence-corrected chi connectivity index (χ4v) is 3.81. The maximum absolute atomic E-state index is 12.0. The second kappa shape index (κ2) is 8.91. The van der Waals surface area contributed by atoms with E-state index in [4.69, 9.17) is 15.2 Å². The lowest BCUT2D eigenvalue weighted by atomic mass is 10.1. The highest BCUT2D eigenvalue weighted by Gasteiger charge is 2.20. The Morgan fingerprint density at radius 3 is 2.59 bits per heavy atom. The van der Waals surface area contributed by atoms with E-state index in [0.717, 1.165) is 29.1 Å². The van der Waals surface area contributed by atoms with Gasteiger partial charge in [-0.2, -0.15) is 0 Å². The van der Waals surface area contributed by atoms with Crippen LogP contribution in [0.2, 0.25) is 0 Å². The molecule has 1 amide bonds. The van der Waals surface area contributed by atoms with E-state index in [9.17, 15) is 9.59 Å². The zero-order chi connectivity index (χ0) is 21.0. The van der Waals surface area contributed by atoms with Gasteiger partial charge in [0.15, 0.2) is 0 Å². The number of carbonyl (C=O) groups excluding carboxylic acids is 2. The lowest BCUT2D eigenvalue weighted by Crippen LogP contribution is -2.13. The Hall–Kier alpha value is -3.13. The number of aromatic nitrogens is 2. The summed E-state index contributed by atoms with van der Waals surface area (Å²) in [4.78, 5) is 28.2. The van der Waals surface area contributed by atoms with Gasteiger partial charge in [-0.1, -0.05) is 12.1 Å². The lowest BCUT2D eigenvalue weighted by molar-refractivity contribution is 0.0526. The molecule has 0 saturated carbocycles. The van der Waals surface area contributed by atoms with Crippen LogP contribution >= 0.6 is 11.3 Å². The van der Waals surface area contributed by atoms with Gasteiger partial charge in [-0.3, -0.25) is 4.79 Å². The highest BCUT2D eigenvalue weighted by Crippen LogP contribution is 2.28. The molecule has 3 aromatic rings. The molecule has 0 atom stereocenters. The number of nitrogens with zero attached hydrogens (tertiary/aromatic N) is 2. The van der Waals surface area contributed by atoms with Crippen LogP contribution in [0.4, 0.5) is 0 Å². The maximum atomic E-state index is 12.0. The van der Waals surface area contributed by atoms with E-state index in [-0.39, 0.29) is 11.6 Å². The van der Waals surface area contributed by atoms with Crippen molar-refractivity contribution < 1.29 is 19.1 Å². The van der Waals surface area contributed by atoms with Crippen LogP contribution in [-0.4, -0.2) is 35.1 Å². The van der Waals surface area contributed by atoms with E-state index in [1.807, 2.05) is 35.8 Å². The molecule has 0 aliphatic heterocycles. The summed E-state index contributed by atoms with van der Waals surface area (Å²) in [6.45, 7) is 4.53. The number of carbonyl (C=O) groups is 2. The molecule has 0 aliphatic rings. The minimum Gasteiger partial charge on any atom is -0.497 e. The Labute approximate surface area is 173 Å². The largest absolute Gasteiger partial charge is 0.497 e. The van der Waals surface area contributed by atoms with Crippen LogP contribution in [0.1, 0.15) is 38.3 Å². The zero-order valence-electron chi connectivity index (χ0n) is 16.6. The first-order valence-electron chi connectivity index (χ1n) is 9.20. The Balaban J connectivity index is 1.91. The summed E-state index contributed by atoms with van der Waals surface area (Å²) in [5, 5.41) is 2.07. The van der Waals surface area contributed by atoms with Gasteiger partial charge < -0.3 is 19.8 Å². The van der Waals surface area contributed by atoms with Crippen molar-refractivity contribution in [1.29, 1.82) is 0 Å². The monoisotopic (exact) mass is 413 g/mol. The fraction of sp³-hybridized carbons (Fsp3) is 0.286. The number of ether oxygens (including phenoxy) is 2. The van der Waals surface area contributed by atoms with E-state index in [2.05, 4.69) is 4.98 Å². The molecule has 0 fully saturated rings. The maximum Gasteiger partial charge on any atom is 0.367 e. The minimum atomic E-state index is -0.493. The molecule has 0 saturated heterocycles. The number of esters is 1. The Morgan fingerprint density at radius 2 is 1.97 bits per heavy atom. The predicted molar refractivity (Wildman–Crippen MR) is 111 cm³/mol. The van der Waals surface area contributed by atoms with Crippen molar-refractivity contribution >= 4 is 23.2 Å². The molecular formula is C21H23N3O4S. The van der Waals surface area contributed by atoms with E-state index in [1.165, 1.54) is 11.3 Å². The number of aryl methyl sites for hydroxylation is 1. The standard InChI is InChI=1S/C21H23N3O4S/c1-4-28-21(26)20-23-17(12-29-20)18-11-16(19(22)25)13(2)24(18)10-9-14-5-7-15(27-3)8-6-14/h5-8,11-12H,4,9-10H2,1-3H3,(H2,22,25). The summed E-state index contributed by atoms with van der Waals surface area (Å²) in [7, 11) is 1.63. The summed E-state index contributed by atoms with van der Waals surface area (Å²) >= 11 is 1.21. The highest BCUT2D eigenvalue weighted by atomic mass is 32.1. The number of nitrogens with two attached hydrogens (primary N) is 1. The molecule has 8 heteroatoms. The fourth-order valence-electron chi connectivity index (χ4n) is 3.11. The van der Waals surface area contributed by atoms with Crippen molar-refractivity contribution in [2.45, 2.75) is 26.8 Å². The van der Waals surface area contributed by atoms with Gasteiger partial charge in [0.25, 0.3) is 5.91 Å². The molecule has 1 aromatic carbocycles. The quantitative estimate of drug-likeness (QED) is 0.571. The molecule has 152 valence electrons. The molecule has 0 bridgehead atoms. The molecule has 7 nitrogen and oxygen atoms in total. The number of methoxy groups -OCH3 is 1. The van der Waals surface area contributed by atoms with Gasteiger partial charge in [0.05, 0.1) is 30.7 Å². The molecule has 2 N–H and O–H groups in total. The summed E-state index contributed by atoms with van der Waals surface area (Å²) in [5.41, 5.74) is 9.26. The second-order valence-electron chi connectivity index (χ2n) is 6.40. The number of hydrogen-bond acceptors (Lipinski definition) is 6. The van der Waals surface area contributed by atoms with Gasteiger partial charge >= 0.3 is 5.97 Å². The van der Waals surface area contributed by atoms with Crippen LogP contribution < -0.4 is 10.5 Å². The smallest absolute Gasteiger partial charge is 0.367 e. The first kappa shape index (κ1) is 20.6. The van der Waals surface area contributed by atoms with Gasteiger partial charge in [0, 0.05) is 17.6 Å². The van der Waals surface area contributed by atoms with E-state index < -0.39 is 11.9 Å². The molecule has 0 unspecified atom stereocenters. The van der Waals surface area contributed by atoms with Crippen molar-refractivity contribution in [3.05, 3.63) is 57.5 Å². The van der Waals surface area contributed by atoms with Crippen LogP contribution in [-0.2, 0) is 17.7 Å². The van der Waals surface area contributed by atoms with Crippen LogP contribution in [0.15, 0.2) is 35.7 Å². The summed E-state index contributed by atoms with van der Waals surface area (Å²) in [5.74, 6) is -0.142. The molecule has 0 aliphatic carbocycles. The van der Waals surface area contributed by atoms with Crippen molar-refractivity contribution in [3.63, 3.8) is 0 Å². The number of hydrogen-bond donors (Lipinski definition) is 1. The number of amides is 1.